The summed E-state index contributed by atoms with van der Waals surface area (Å²) >= 11 is 1.71. The van der Waals surface area contributed by atoms with Crippen LogP contribution >= 0.6 is 11.8 Å². The molecule has 2 nitrogen and oxygen atoms in total. The lowest BCUT2D eigenvalue weighted by Crippen LogP contribution is -1.96. The fourth-order valence-corrected chi connectivity index (χ4v) is 1.88. The van der Waals surface area contributed by atoms with Crippen molar-refractivity contribution in [2.75, 3.05) is 6.26 Å². The van der Waals surface area contributed by atoms with Crippen LogP contribution in [0.15, 0.2) is 47.5 Å². The molecule has 3 heteroatoms. The molecule has 0 amide bonds. The number of hydrogen-bond acceptors (Lipinski definition) is 2. The average Bonchev–Trinajstić information content (AvgIpc) is 2.77. The van der Waals surface area contributed by atoms with E-state index in [2.05, 4.69) is 12.1 Å². The summed E-state index contributed by atoms with van der Waals surface area (Å²) in [5.74, 6) is 0. The molecule has 1 aromatic heterocycles. The van der Waals surface area contributed by atoms with Crippen molar-refractivity contribution in [1.82, 2.24) is 4.57 Å². The number of benzene rings is 1. The Morgan fingerprint density at radius 2 is 1.93 bits per heavy atom. The molecule has 0 N–H and O–H groups in total. The van der Waals surface area contributed by atoms with Gasteiger partial charge in [0.2, 0.25) is 0 Å². The summed E-state index contributed by atoms with van der Waals surface area (Å²) in [5.41, 5.74) is 1.69. The predicted molar refractivity (Wildman–Crippen MR) is 62.9 cm³/mol. The van der Waals surface area contributed by atoms with E-state index in [-0.39, 0.29) is 0 Å². The number of hydrogen-bond donors (Lipinski definition) is 0. The van der Waals surface area contributed by atoms with Crippen molar-refractivity contribution in [3.63, 3.8) is 0 Å². The second kappa shape index (κ2) is 4.36. The highest BCUT2D eigenvalue weighted by molar-refractivity contribution is 7.98. The van der Waals surface area contributed by atoms with E-state index < -0.39 is 0 Å². The van der Waals surface area contributed by atoms with Gasteiger partial charge >= 0.3 is 0 Å². The van der Waals surface area contributed by atoms with Gasteiger partial charge in [0, 0.05) is 16.8 Å². The van der Waals surface area contributed by atoms with Crippen molar-refractivity contribution in [3.8, 4) is 5.69 Å². The summed E-state index contributed by atoms with van der Waals surface area (Å²) in [6, 6.07) is 11.8. The standard InChI is InChI=1S/C12H11NOS/c1-15-12-6-4-10(5-7-12)13-8-2-3-11(13)9-14/h2-9H,1H3. The Labute approximate surface area is 92.9 Å². The van der Waals surface area contributed by atoms with Crippen molar-refractivity contribution in [3.05, 3.63) is 48.3 Å². The quantitative estimate of drug-likeness (QED) is 0.582. The molecule has 0 unspecified atom stereocenters. The number of carbonyl (C=O) groups is 1. The largest absolute Gasteiger partial charge is 0.314 e. The van der Waals surface area contributed by atoms with Gasteiger partial charge in [0.25, 0.3) is 0 Å². The van der Waals surface area contributed by atoms with Crippen LogP contribution in [0.25, 0.3) is 5.69 Å². The van der Waals surface area contributed by atoms with Gasteiger partial charge in [-0.05, 0) is 42.7 Å². The van der Waals surface area contributed by atoms with E-state index in [9.17, 15) is 4.79 Å². The van der Waals surface area contributed by atoms with Gasteiger partial charge in [-0.3, -0.25) is 4.79 Å². The zero-order valence-electron chi connectivity index (χ0n) is 8.38. The van der Waals surface area contributed by atoms with Crippen LogP contribution in [-0.2, 0) is 0 Å². The number of carbonyl (C=O) groups excluding carboxylic acids is 1. The molecular formula is C12H11NOS. The molecule has 0 radical (unpaired) electrons. The molecule has 15 heavy (non-hydrogen) atoms. The minimum absolute atomic E-state index is 0.673. The third-order valence-corrected chi connectivity index (χ3v) is 3.00. The summed E-state index contributed by atoms with van der Waals surface area (Å²) in [4.78, 5) is 12.0. The Balaban J connectivity index is 2.41. The number of aromatic nitrogens is 1. The van der Waals surface area contributed by atoms with Crippen molar-refractivity contribution < 1.29 is 4.79 Å². The Bertz CT molecular complexity index is 459. The van der Waals surface area contributed by atoms with Gasteiger partial charge in [-0.15, -0.1) is 11.8 Å². The molecule has 76 valence electrons. The molecule has 1 heterocycles. The van der Waals surface area contributed by atoms with Crippen LogP contribution in [0.3, 0.4) is 0 Å². The monoisotopic (exact) mass is 217 g/mol. The number of nitrogens with zero attached hydrogens (tertiary/aromatic N) is 1. The van der Waals surface area contributed by atoms with Gasteiger partial charge < -0.3 is 4.57 Å². The lowest BCUT2D eigenvalue weighted by molar-refractivity contribution is 0.111. The number of aldehydes is 1. The van der Waals surface area contributed by atoms with E-state index in [4.69, 9.17) is 0 Å². The Kier molecular flexibility index (Phi) is 2.92. The predicted octanol–water partition coefficient (Wildman–Crippen LogP) is 3.01. The summed E-state index contributed by atoms with van der Waals surface area (Å²) in [7, 11) is 0. The fraction of sp³-hybridized carbons (Fsp3) is 0.0833. The second-order valence-electron chi connectivity index (χ2n) is 3.12. The fourth-order valence-electron chi connectivity index (χ4n) is 1.47. The first-order valence-corrected chi connectivity index (χ1v) is 5.84. The van der Waals surface area contributed by atoms with Crippen molar-refractivity contribution in [2.45, 2.75) is 4.90 Å². The highest BCUT2D eigenvalue weighted by Gasteiger charge is 2.01. The van der Waals surface area contributed by atoms with Crippen molar-refractivity contribution >= 4 is 18.0 Å². The van der Waals surface area contributed by atoms with E-state index >= 15 is 0 Å². The highest BCUT2D eigenvalue weighted by Crippen LogP contribution is 2.18. The molecule has 0 atom stereocenters. The maximum atomic E-state index is 10.8. The molecule has 1 aromatic carbocycles. The minimum Gasteiger partial charge on any atom is -0.314 e. The zero-order chi connectivity index (χ0) is 10.7. The molecule has 0 saturated carbocycles. The SMILES string of the molecule is CSc1ccc(-n2cccc2C=O)cc1. The maximum absolute atomic E-state index is 10.8. The van der Waals surface area contributed by atoms with E-state index in [1.807, 2.05) is 35.2 Å². The van der Waals surface area contributed by atoms with E-state index in [0.29, 0.717) is 5.69 Å². The van der Waals surface area contributed by atoms with Gasteiger partial charge in [0.05, 0.1) is 5.69 Å². The van der Waals surface area contributed by atoms with Crippen molar-refractivity contribution in [1.29, 1.82) is 0 Å². The van der Waals surface area contributed by atoms with Crippen LogP contribution < -0.4 is 0 Å². The summed E-state index contributed by atoms with van der Waals surface area (Å²) < 4.78 is 1.87. The number of rotatable bonds is 3. The molecule has 0 aliphatic carbocycles. The van der Waals surface area contributed by atoms with Gasteiger partial charge in [-0.25, -0.2) is 0 Å². The Hall–Kier alpha value is -1.48. The van der Waals surface area contributed by atoms with Gasteiger partial charge in [0.15, 0.2) is 6.29 Å². The van der Waals surface area contributed by atoms with E-state index in [1.54, 1.807) is 17.8 Å². The van der Waals surface area contributed by atoms with Gasteiger partial charge in [-0.2, -0.15) is 0 Å². The first-order valence-electron chi connectivity index (χ1n) is 4.62. The summed E-state index contributed by atoms with van der Waals surface area (Å²) in [6.07, 6.45) is 4.79. The molecule has 2 rings (SSSR count). The molecule has 0 aliphatic rings. The van der Waals surface area contributed by atoms with Crippen molar-refractivity contribution in [2.24, 2.45) is 0 Å². The summed E-state index contributed by atoms with van der Waals surface area (Å²) in [5, 5.41) is 0. The molecule has 0 saturated heterocycles. The van der Waals surface area contributed by atoms with Gasteiger partial charge in [0.1, 0.15) is 0 Å². The van der Waals surface area contributed by atoms with Crippen LogP contribution in [0.1, 0.15) is 10.5 Å². The van der Waals surface area contributed by atoms with Crippen LogP contribution in [0, 0.1) is 0 Å². The normalized spacial score (nSPS) is 10.2. The van der Waals surface area contributed by atoms with E-state index in [1.165, 1.54) is 4.90 Å². The maximum Gasteiger partial charge on any atom is 0.166 e. The third-order valence-electron chi connectivity index (χ3n) is 2.25. The Morgan fingerprint density at radius 1 is 1.20 bits per heavy atom. The van der Waals surface area contributed by atoms with E-state index in [0.717, 1.165) is 12.0 Å². The first-order chi connectivity index (χ1) is 7.35. The second-order valence-corrected chi connectivity index (χ2v) is 4.00. The smallest absolute Gasteiger partial charge is 0.166 e. The summed E-state index contributed by atoms with van der Waals surface area (Å²) in [6.45, 7) is 0. The van der Waals surface area contributed by atoms with Crippen LogP contribution in [0.4, 0.5) is 0 Å². The average molecular weight is 217 g/mol. The molecule has 0 bridgehead atoms. The number of thioether (sulfide) groups is 1. The molecular weight excluding hydrogens is 206 g/mol. The molecule has 0 spiro atoms. The van der Waals surface area contributed by atoms with Crippen LogP contribution in [-0.4, -0.2) is 17.1 Å². The lowest BCUT2D eigenvalue weighted by Gasteiger charge is -2.05. The minimum atomic E-state index is 0.673. The zero-order valence-corrected chi connectivity index (χ0v) is 9.20. The van der Waals surface area contributed by atoms with Crippen LogP contribution in [0.2, 0.25) is 0 Å². The third kappa shape index (κ3) is 1.97. The van der Waals surface area contributed by atoms with Gasteiger partial charge in [-0.1, -0.05) is 0 Å². The lowest BCUT2D eigenvalue weighted by atomic mass is 10.3. The molecule has 0 aliphatic heterocycles. The highest BCUT2D eigenvalue weighted by atomic mass is 32.2. The molecule has 2 aromatic rings. The topological polar surface area (TPSA) is 22.0 Å². The first kappa shape index (κ1) is 10.1. The van der Waals surface area contributed by atoms with Crippen LogP contribution in [0.5, 0.6) is 0 Å². The Morgan fingerprint density at radius 3 is 2.53 bits per heavy atom. The molecule has 0 fully saturated rings.